The standard InChI is InChI=1S/C14H17N2/c1-14(2,3)16-10-13(9-15-11-16)12-7-5-4-6-8-12/h4-11H,1-3H3/q+1. The van der Waals surface area contributed by atoms with Crippen molar-refractivity contribution in [1.29, 1.82) is 0 Å². The van der Waals surface area contributed by atoms with Crippen LogP contribution in [0.2, 0.25) is 0 Å². The lowest BCUT2D eigenvalue weighted by molar-refractivity contribution is -0.756. The number of nitrogens with zero attached hydrogens (tertiary/aromatic N) is 2. The predicted octanol–water partition coefficient (Wildman–Crippen LogP) is 2.79. The molecule has 0 fully saturated rings. The zero-order valence-corrected chi connectivity index (χ0v) is 10.0. The monoisotopic (exact) mass is 213 g/mol. The number of rotatable bonds is 1. The molecule has 2 rings (SSSR count). The predicted molar refractivity (Wildman–Crippen MR) is 64.9 cm³/mol. The van der Waals surface area contributed by atoms with Gasteiger partial charge in [0, 0.05) is 0 Å². The quantitative estimate of drug-likeness (QED) is 0.666. The zero-order chi connectivity index (χ0) is 11.6. The van der Waals surface area contributed by atoms with Crippen LogP contribution in [-0.2, 0) is 5.54 Å². The number of benzene rings is 1. The average Bonchev–Trinajstić information content (AvgIpc) is 2.29. The zero-order valence-electron chi connectivity index (χ0n) is 10.0. The van der Waals surface area contributed by atoms with Crippen LogP contribution in [0.3, 0.4) is 0 Å². The molecule has 0 unspecified atom stereocenters. The van der Waals surface area contributed by atoms with Gasteiger partial charge in [-0.2, -0.15) is 0 Å². The summed E-state index contributed by atoms with van der Waals surface area (Å²) in [5.41, 5.74) is 2.42. The molecule has 0 bridgehead atoms. The normalized spacial score (nSPS) is 11.4. The maximum Gasteiger partial charge on any atom is 0.286 e. The maximum atomic E-state index is 4.29. The first-order valence-electron chi connectivity index (χ1n) is 5.49. The second-order valence-corrected chi connectivity index (χ2v) is 4.92. The molecule has 0 saturated carbocycles. The fourth-order valence-electron chi connectivity index (χ4n) is 1.55. The third kappa shape index (κ3) is 2.27. The van der Waals surface area contributed by atoms with Crippen LogP contribution in [0.25, 0.3) is 11.1 Å². The second-order valence-electron chi connectivity index (χ2n) is 4.92. The second kappa shape index (κ2) is 4.05. The van der Waals surface area contributed by atoms with E-state index in [2.05, 4.69) is 48.7 Å². The minimum atomic E-state index is 0.0673. The van der Waals surface area contributed by atoms with Gasteiger partial charge in [-0.3, -0.25) is 0 Å². The summed E-state index contributed by atoms with van der Waals surface area (Å²) in [4.78, 5) is 4.29. The summed E-state index contributed by atoms with van der Waals surface area (Å²) in [5, 5.41) is 0. The van der Waals surface area contributed by atoms with Crippen molar-refractivity contribution in [3.63, 3.8) is 0 Å². The molecule has 1 heterocycles. The van der Waals surface area contributed by atoms with Gasteiger partial charge < -0.3 is 0 Å². The molecular formula is C14H17N2+. The Hall–Kier alpha value is -1.70. The van der Waals surface area contributed by atoms with Crippen molar-refractivity contribution in [3.8, 4) is 11.1 Å². The van der Waals surface area contributed by atoms with Crippen molar-refractivity contribution >= 4 is 0 Å². The summed E-state index contributed by atoms with van der Waals surface area (Å²) >= 11 is 0. The van der Waals surface area contributed by atoms with Crippen molar-refractivity contribution in [2.75, 3.05) is 0 Å². The molecule has 0 aliphatic rings. The molecule has 0 radical (unpaired) electrons. The molecule has 2 nitrogen and oxygen atoms in total. The first-order chi connectivity index (χ1) is 7.57. The van der Waals surface area contributed by atoms with E-state index in [9.17, 15) is 0 Å². The smallest absolute Gasteiger partial charge is 0.232 e. The highest BCUT2D eigenvalue weighted by Gasteiger charge is 2.18. The summed E-state index contributed by atoms with van der Waals surface area (Å²) in [6, 6.07) is 10.3. The minimum absolute atomic E-state index is 0.0673. The molecule has 1 aromatic heterocycles. The van der Waals surface area contributed by atoms with Crippen LogP contribution in [0.15, 0.2) is 49.1 Å². The van der Waals surface area contributed by atoms with Crippen LogP contribution in [0.5, 0.6) is 0 Å². The summed E-state index contributed by atoms with van der Waals surface area (Å²) in [6.45, 7) is 6.51. The number of aromatic nitrogens is 2. The van der Waals surface area contributed by atoms with E-state index < -0.39 is 0 Å². The van der Waals surface area contributed by atoms with Crippen LogP contribution in [-0.4, -0.2) is 4.98 Å². The number of hydrogen-bond donors (Lipinski definition) is 0. The van der Waals surface area contributed by atoms with E-state index in [1.165, 1.54) is 5.56 Å². The Morgan fingerprint density at radius 1 is 1.00 bits per heavy atom. The lowest BCUT2D eigenvalue weighted by Crippen LogP contribution is -2.50. The molecule has 0 aliphatic heterocycles. The maximum absolute atomic E-state index is 4.29. The van der Waals surface area contributed by atoms with Gasteiger partial charge >= 0.3 is 0 Å². The first-order valence-corrected chi connectivity index (χ1v) is 5.49. The average molecular weight is 213 g/mol. The van der Waals surface area contributed by atoms with Gasteiger partial charge in [0.15, 0.2) is 6.20 Å². The van der Waals surface area contributed by atoms with E-state index in [1.54, 1.807) is 0 Å². The van der Waals surface area contributed by atoms with Crippen LogP contribution in [0, 0.1) is 0 Å². The van der Waals surface area contributed by atoms with Gasteiger partial charge in [0.05, 0.1) is 5.56 Å². The SMILES string of the molecule is CC(C)(C)[n+]1cncc(-c2ccccc2)c1. The summed E-state index contributed by atoms with van der Waals surface area (Å²) < 4.78 is 2.13. The van der Waals surface area contributed by atoms with Crippen molar-refractivity contribution in [3.05, 3.63) is 49.1 Å². The topological polar surface area (TPSA) is 16.8 Å². The van der Waals surface area contributed by atoms with E-state index in [-0.39, 0.29) is 5.54 Å². The van der Waals surface area contributed by atoms with Crippen LogP contribution in [0.4, 0.5) is 0 Å². The molecule has 0 atom stereocenters. The van der Waals surface area contributed by atoms with Gasteiger partial charge in [-0.1, -0.05) is 35.3 Å². The Morgan fingerprint density at radius 3 is 2.31 bits per heavy atom. The van der Waals surface area contributed by atoms with Crippen LogP contribution >= 0.6 is 0 Å². The highest BCUT2D eigenvalue weighted by Crippen LogP contribution is 2.16. The fourth-order valence-corrected chi connectivity index (χ4v) is 1.55. The molecule has 82 valence electrons. The largest absolute Gasteiger partial charge is 0.286 e. The third-order valence-electron chi connectivity index (χ3n) is 2.56. The van der Waals surface area contributed by atoms with E-state index in [0.29, 0.717) is 0 Å². The lowest BCUT2D eigenvalue weighted by atomic mass is 10.1. The van der Waals surface area contributed by atoms with E-state index in [4.69, 9.17) is 0 Å². The highest BCUT2D eigenvalue weighted by atomic mass is 15.1. The Balaban J connectivity index is 2.45. The van der Waals surface area contributed by atoms with Crippen molar-refractivity contribution in [2.45, 2.75) is 26.3 Å². The number of hydrogen-bond acceptors (Lipinski definition) is 1. The first kappa shape index (κ1) is 10.8. The van der Waals surface area contributed by atoms with Crippen LogP contribution in [0.1, 0.15) is 20.8 Å². The van der Waals surface area contributed by atoms with Gasteiger partial charge in [-0.15, -0.1) is 0 Å². The van der Waals surface area contributed by atoms with E-state index in [0.717, 1.165) is 5.56 Å². The molecule has 2 aromatic rings. The Labute approximate surface area is 96.6 Å². The van der Waals surface area contributed by atoms with Crippen molar-refractivity contribution < 1.29 is 4.57 Å². The van der Waals surface area contributed by atoms with E-state index in [1.807, 2.05) is 30.7 Å². The summed E-state index contributed by atoms with van der Waals surface area (Å²) in [5.74, 6) is 0. The van der Waals surface area contributed by atoms with Gasteiger partial charge in [0.2, 0.25) is 0 Å². The molecule has 0 saturated heterocycles. The fraction of sp³-hybridized carbons (Fsp3) is 0.286. The molecule has 0 amide bonds. The van der Waals surface area contributed by atoms with Gasteiger partial charge in [0.1, 0.15) is 11.7 Å². The van der Waals surface area contributed by atoms with Crippen LogP contribution < -0.4 is 4.57 Å². The van der Waals surface area contributed by atoms with Gasteiger partial charge in [0.25, 0.3) is 6.33 Å². The summed E-state index contributed by atoms with van der Waals surface area (Å²) in [6.07, 6.45) is 5.91. The lowest BCUT2D eigenvalue weighted by Gasteiger charge is -2.16. The van der Waals surface area contributed by atoms with Gasteiger partial charge in [-0.05, 0) is 26.3 Å². The molecule has 0 aliphatic carbocycles. The molecule has 0 spiro atoms. The highest BCUT2D eigenvalue weighted by molar-refractivity contribution is 5.60. The molecule has 1 aromatic carbocycles. The third-order valence-corrected chi connectivity index (χ3v) is 2.56. The molecule has 0 N–H and O–H groups in total. The Kier molecular flexibility index (Phi) is 2.73. The van der Waals surface area contributed by atoms with E-state index >= 15 is 0 Å². The molecule has 2 heteroatoms. The van der Waals surface area contributed by atoms with Crippen molar-refractivity contribution in [1.82, 2.24) is 4.98 Å². The summed E-state index contributed by atoms with van der Waals surface area (Å²) in [7, 11) is 0. The Morgan fingerprint density at radius 2 is 1.69 bits per heavy atom. The molecular weight excluding hydrogens is 196 g/mol. The molecule has 16 heavy (non-hydrogen) atoms. The van der Waals surface area contributed by atoms with Gasteiger partial charge in [-0.25, -0.2) is 4.57 Å². The van der Waals surface area contributed by atoms with Crippen molar-refractivity contribution in [2.24, 2.45) is 0 Å². The Bertz CT molecular complexity index is 470. The minimum Gasteiger partial charge on any atom is -0.232 e.